The van der Waals surface area contributed by atoms with Crippen LogP contribution in [0.2, 0.25) is 0 Å². The Kier molecular flexibility index (Phi) is 15.2. The van der Waals surface area contributed by atoms with Crippen LogP contribution < -0.4 is 5.32 Å². The predicted octanol–water partition coefficient (Wildman–Crippen LogP) is 4.38. The summed E-state index contributed by atoms with van der Waals surface area (Å²) in [6, 6.07) is -0.0977. The monoisotopic (exact) mass is 569 g/mol. The number of hydrogen-bond acceptors (Lipinski definition) is 6. The number of carboxylic acids is 1. The summed E-state index contributed by atoms with van der Waals surface area (Å²) in [6.07, 6.45) is 11.1. The molecule has 0 aromatic rings. The normalized spacial score (nSPS) is 25.5. The second-order valence-corrected chi connectivity index (χ2v) is 13.3. The molecule has 0 bridgehead atoms. The minimum Gasteiger partial charge on any atom is -0.481 e. The molecule has 1 saturated heterocycles. The number of carboxylic acid groups (broad SMARTS) is 1. The van der Waals surface area contributed by atoms with Crippen LogP contribution in [-0.2, 0) is 4.79 Å². The average Bonchev–Trinajstić information content (AvgIpc) is 2.90. The van der Waals surface area contributed by atoms with Crippen LogP contribution in [0.3, 0.4) is 0 Å². The van der Waals surface area contributed by atoms with Crippen molar-refractivity contribution >= 4 is 12.0 Å². The number of carbonyl (C=O) groups excluding carboxylic acids is 1. The molecular weight excluding hydrogens is 510 g/mol. The minimum atomic E-state index is -0.998. The number of nitrogens with one attached hydrogen (secondary N) is 1. The number of nitrogens with zero attached hydrogens (tertiary/aromatic N) is 2. The van der Waals surface area contributed by atoms with E-state index in [4.69, 9.17) is 5.11 Å². The standard InChI is InChI=1S/C31H59N3O6/c1-5-23(15-11-12-18-27(36)37)25-21-33(26(22-35)29(39)28(25)38)19-13-6-7-14-20-34(24-16-9-8-10-17-24)30(40)32-31(2,3)4/h23-26,28-29,35,38-39H,5-22H2,1-4H3,(H,32,40)(H,36,37)/t23?,25-,26-,28+,29-/m1/s1. The average molecular weight is 570 g/mol. The molecule has 2 amide bonds. The molecule has 9 nitrogen and oxygen atoms in total. The first-order valence-corrected chi connectivity index (χ1v) is 16.0. The maximum atomic E-state index is 13.0. The Morgan fingerprint density at radius 2 is 1.65 bits per heavy atom. The number of carbonyl (C=O) groups is 2. The number of aliphatic hydroxyl groups is 3. The fraction of sp³-hybridized carbons (Fsp3) is 0.935. The van der Waals surface area contributed by atoms with Crippen molar-refractivity contribution in [3.8, 4) is 0 Å². The molecule has 5 N–H and O–H groups in total. The molecule has 0 aromatic heterocycles. The first-order valence-electron chi connectivity index (χ1n) is 16.0. The quantitative estimate of drug-likeness (QED) is 0.174. The number of amides is 2. The van der Waals surface area contributed by atoms with Gasteiger partial charge in [-0.2, -0.15) is 0 Å². The summed E-state index contributed by atoms with van der Waals surface area (Å²) in [5.41, 5.74) is -0.257. The lowest BCUT2D eigenvalue weighted by molar-refractivity contribution is -0.137. The van der Waals surface area contributed by atoms with Crippen LogP contribution in [0.15, 0.2) is 0 Å². The summed E-state index contributed by atoms with van der Waals surface area (Å²) in [5, 5.41) is 43.8. The van der Waals surface area contributed by atoms with E-state index in [-0.39, 0.29) is 36.4 Å². The number of piperidine rings is 1. The van der Waals surface area contributed by atoms with Gasteiger partial charge in [-0.15, -0.1) is 0 Å². The van der Waals surface area contributed by atoms with E-state index in [1.807, 2.05) is 20.8 Å². The Morgan fingerprint density at radius 1 is 0.975 bits per heavy atom. The molecule has 0 radical (unpaired) electrons. The number of aliphatic carboxylic acids is 1. The summed E-state index contributed by atoms with van der Waals surface area (Å²) in [4.78, 5) is 28.1. The maximum absolute atomic E-state index is 13.0. The summed E-state index contributed by atoms with van der Waals surface area (Å²) in [7, 11) is 0. The fourth-order valence-corrected chi connectivity index (χ4v) is 6.71. The zero-order chi connectivity index (χ0) is 29.7. The SMILES string of the molecule is CCC(CCCCC(=O)O)[C@H]1CN(CCCCCCN(C(=O)NC(C)(C)C)C2CCCCC2)[C@H](CO)[C@@H](O)[C@H]1O. The second-order valence-electron chi connectivity index (χ2n) is 13.3. The van der Waals surface area contributed by atoms with Gasteiger partial charge in [0.05, 0.1) is 24.9 Å². The number of unbranched alkanes of at least 4 members (excludes halogenated alkanes) is 4. The van der Waals surface area contributed by atoms with Crippen LogP contribution in [0, 0.1) is 11.8 Å². The molecule has 9 heteroatoms. The third-order valence-corrected chi connectivity index (χ3v) is 8.98. The van der Waals surface area contributed by atoms with Gasteiger partial charge in [0.25, 0.3) is 0 Å². The molecule has 0 aromatic carbocycles. The van der Waals surface area contributed by atoms with Gasteiger partial charge in [0.2, 0.25) is 0 Å². The predicted molar refractivity (Wildman–Crippen MR) is 158 cm³/mol. The summed E-state index contributed by atoms with van der Waals surface area (Å²) < 4.78 is 0. The van der Waals surface area contributed by atoms with E-state index in [0.29, 0.717) is 19.0 Å². The van der Waals surface area contributed by atoms with Gasteiger partial charge in [-0.1, -0.05) is 58.3 Å². The number of hydrogen-bond donors (Lipinski definition) is 5. The smallest absolute Gasteiger partial charge is 0.318 e. The molecule has 2 rings (SSSR count). The number of urea groups is 1. The van der Waals surface area contributed by atoms with Crippen molar-refractivity contribution in [1.29, 1.82) is 0 Å². The highest BCUT2D eigenvalue weighted by atomic mass is 16.4. The molecule has 2 aliphatic rings. The van der Waals surface area contributed by atoms with Gasteiger partial charge < -0.3 is 30.6 Å². The fourth-order valence-electron chi connectivity index (χ4n) is 6.71. The Balaban J connectivity index is 1.86. The number of likely N-dealkylation sites (tertiary alicyclic amines) is 1. The van der Waals surface area contributed by atoms with E-state index < -0.39 is 24.2 Å². The molecule has 40 heavy (non-hydrogen) atoms. The Labute approximate surface area is 242 Å². The van der Waals surface area contributed by atoms with E-state index in [1.54, 1.807) is 0 Å². The van der Waals surface area contributed by atoms with Crippen LogP contribution in [-0.4, -0.2) is 98.3 Å². The van der Waals surface area contributed by atoms with Crippen molar-refractivity contribution < 1.29 is 30.0 Å². The van der Waals surface area contributed by atoms with Crippen LogP contribution >= 0.6 is 0 Å². The topological polar surface area (TPSA) is 134 Å². The zero-order valence-corrected chi connectivity index (χ0v) is 25.7. The van der Waals surface area contributed by atoms with Crippen LogP contribution in [0.25, 0.3) is 0 Å². The molecule has 5 atom stereocenters. The highest BCUT2D eigenvalue weighted by molar-refractivity contribution is 5.75. The molecule has 2 fully saturated rings. The minimum absolute atomic E-state index is 0.0468. The summed E-state index contributed by atoms with van der Waals surface area (Å²) >= 11 is 0. The highest BCUT2D eigenvalue weighted by Gasteiger charge is 2.43. The lowest BCUT2D eigenvalue weighted by atomic mass is 9.76. The van der Waals surface area contributed by atoms with Gasteiger partial charge in [0.1, 0.15) is 0 Å². The Bertz CT molecular complexity index is 739. The lowest BCUT2D eigenvalue weighted by Gasteiger charge is -2.47. The Morgan fingerprint density at radius 3 is 2.25 bits per heavy atom. The first kappa shape index (κ1) is 34.8. The van der Waals surface area contributed by atoms with Crippen molar-refractivity contribution in [2.75, 3.05) is 26.2 Å². The van der Waals surface area contributed by atoms with Gasteiger partial charge in [-0.25, -0.2) is 4.79 Å². The van der Waals surface area contributed by atoms with Crippen molar-refractivity contribution in [2.45, 2.75) is 147 Å². The lowest BCUT2D eigenvalue weighted by Crippen LogP contribution is -2.61. The van der Waals surface area contributed by atoms with E-state index in [9.17, 15) is 24.9 Å². The third kappa shape index (κ3) is 11.5. The van der Waals surface area contributed by atoms with Gasteiger partial charge >= 0.3 is 12.0 Å². The van der Waals surface area contributed by atoms with Crippen LogP contribution in [0.4, 0.5) is 4.79 Å². The second kappa shape index (κ2) is 17.5. The molecule has 1 heterocycles. The molecule has 0 spiro atoms. The maximum Gasteiger partial charge on any atom is 0.318 e. The molecule has 1 saturated carbocycles. The van der Waals surface area contributed by atoms with E-state index in [1.165, 1.54) is 19.3 Å². The highest BCUT2D eigenvalue weighted by Crippen LogP contribution is 2.33. The molecular formula is C31H59N3O6. The van der Waals surface area contributed by atoms with Gasteiger partial charge in [0, 0.05) is 37.0 Å². The van der Waals surface area contributed by atoms with Gasteiger partial charge in [0.15, 0.2) is 0 Å². The number of rotatable bonds is 16. The zero-order valence-electron chi connectivity index (χ0n) is 25.7. The first-order chi connectivity index (χ1) is 19.0. The van der Waals surface area contributed by atoms with Gasteiger partial charge in [-0.3, -0.25) is 9.69 Å². The third-order valence-electron chi connectivity index (χ3n) is 8.98. The summed E-state index contributed by atoms with van der Waals surface area (Å²) in [6.45, 7) is 10.1. The molecule has 1 unspecified atom stereocenters. The van der Waals surface area contributed by atoms with Crippen molar-refractivity contribution in [1.82, 2.24) is 15.1 Å². The number of aliphatic hydroxyl groups excluding tert-OH is 3. The molecule has 234 valence electrons. The van der Waals surface area contributed by atoms with Crippen molar-refractivity contribution in [2.24, 2.45) is 11.8 Å². The Hall–Kier alpha value is -1.42. The van der Waals surface area contributed by atoms with Crippen molar-refractivity contribution in [3.05, 3.63) is 0 Å². The van der Waals surface area contributed by atoms with Gasteiger partial charge in [-0.05, 0) is 65.3 Å². The molecule has 1 aliphatic carbocycles. The van der Waals surface area contributed by atoms with Crippen LogP contribution in [0.5, 0.6) is 0 Å². The van der Waals surface area contributed by atoms with E-state index >= 15 is 0 Å². The molecule has 1 aliphatic heterocycles. The van der Waals surface area contributed by atoms with Crippen LogP contribution in [0.1, 0.15) is 118 Å². The van der Waals surface area contributed by atoms with E-state index in [2.05, 4.69) is 22.0 Å². The largest absolute Gasteiger partial charge is 0.481 e. The van der Waals surface area contributed by atoms with E-state index in [0.717, 1.165) is 70.9 Å². The van der Waals surface area contributed by atoms with Crippen molar-refractivity contribution in [3.63, 3.8) is 0 Å². The summed E-state index contributed by atoms with van der Waals surface area (Å²) in [5.74, 6) is -0.684.